The molecule has 1 amide bonds. The van der Waals surface area contributed by atoms with Crippen LogP contribution in [0.2, 0.25) is 0 Å². The summed E-state index contributed by atoms with van der Waals surface area (Å²) in [5.41, 5.74) is 0.706. The number of likely N-dealkylation sites (tertiary alicyclic amines) is 1. The lowest BCUT2D eigenvalue weighted by Gasteiger charge is -2.31. The zero-order chi connectivity index (χ0) is 19.5. The summed E-state index contributed by atoms with van der Waals surface area (Å²) in [7, 11) is 0. The molecular weight excluding hydrogens is 326 g/mol. The van der Waals surface area contributed by atoms with Gasteiger partial charge in [-0.15, -0.1) is 0 Å². The molecule has 5 nitrogen and oxygen atoms in total. The number of anilines is 1. The van der Waals surface area contributed by atoms with Crippen LogP contribution < -0.4 is 4.90 Å². The smallest absolute Gasteiger partial charge is 0.416 e. The molecule has 2 atom stereocenters. The van der Waals surface area contributed by atoms with Crippen LogP contribution in [0.15, 0.2) is 18.3 Å². The molecule has 2 heterocycles. The summed E-state index contributed by atoms with van der Waals surface area (Å²) in [6.07, 6.45) is 4.83. The van der Waals surface area contributed by atoms with Crippen molar-refractivity contribution in [3.05, 3.63) is 23.9 Å². The average molecular weight is 362 g/mol. The molecule has 1 aromatic rings. The normalized spacial score (nSPS) is 19.6. The molecular formula is C21H35N3O2. The highest BCUT2D eigenvalue weighted by Crippen LogP contribution is 2.34. The maximum Gasteiger partial charge on any atom is 0.416 e. The molecule has 1 aliphatic heterocycles. The zero-order valence-electron chi connectivity index (χ0n) is 17.5. The van der Waals surface area contributed by atoms with Crippen LogP contribution in [0.5, 0.6) is 0 Å². The van der Waals surface area contributed by atoms with Crippen LogP contribution in [0, 0.1) is 0 Å². The van der Waals surface area contributed by atoms with Gasteiger partial charge in [-0.05, 0) is 79.0 Å². The fraction of sp³-hybridized carbons (Fsp3) is 0.714. The number of hydrogen-bond acceptors (Lipinski definition) is 4. The van der Waals surface area contributed by atoms with Gasteiger partial charge in [0.25, 0.3) is 0 Å². The van der Waals surface area contributed by atoms with E-state index in [0.717, 1.165) is 13.0 Å². The molecule has 146 valence electrons. The van der Waals surface area contributed by atoms with Gasteiger partial charge in [0, 0.05) is 24.3 Å². The van der Waals surface area contributed by atoms with E-state index in [2.05, 4.69) is 36.7 Å². The number of hydrogen-bond donors (Lipinski definition) is 0. The number of carbonyl (C=O) groups excluding carboxylic acids is 1. The van der Waals surface area contributed by atoms with Gasteiger partial charge in [-0.2, -0.15) is 0 Å². The molecule has 2 rings (SSSR count). The molecule has 0 saturated carbocycles. The van der Waals surface area contributed by atoms with Crippen molar-refractivity contribution in [1.82, 2.24) is 9.88 Å². The van der Waals surface area contributed by atoms with Gasteiger partial charge < -0.3 is 4.74 Å². The first kappa shape index (κ1) is 20.7. The predicted molar refractivity (Wildman–Crippen MR) is 107 cm³/mol. The lowest BCUT2D eigenvalue weighted by atomic mass is 10.1. The van der Waals surface area contributed by atoms with E-state index in [9.17, 15) is 4.79 Å². The maximum absolute atomic E-state index is 12.7. The second-order valence-electron chi connectivity index (χ2n) is 8.55. The number of rotatable bonds is 5. The van der Waals surface area contributed by atoms with Crippen molar-refractivity contribution < 1.29 is 9.53 Å². The SMILES string of the molecule is CC[C@@H](C)N(C(=O)OC(C)(C)C)c1ccc([C@@H]2CCCN2C(C)C)cn1. The summed E-state index contributed by atoms with van der Waals surface area (Å²) in [6, 6.07) is 5.06. The lowest BCUT2D eigenvalue weighted by Crippen LogP contribution is -2.42. The van der Waals surface area contributed by atoms with Crippen LogP contribution in [0.25, 0.3) is 0 Å². The molecule has 1 aliphatic rings. The average Bonchev–Trinajstić information content (AvgIpc) is 3.03. The second-order valence-corrected chi connectivity index (χ2v) is 8.55. The second kappa shape index (κ2) is 8.38. The molecule has 1 aromatic heterocycles. The summed E-state index contributed by atoms with van der Waals surface area (Å²) in [5, 5.41) is 0. The fourth-order valence-corrected chi connectivity index (χ4v) is 3.50. The molecule has 0 bridgehead atoms. The maximum atomic E-state index is 12.7. The minimum absolute atomic E-state index is 0.0295. The predicted octanol–water partition coefficient (Wildman–Crippen LogP) is 5.17. The molecule has 0 radical (unpaired) electrons. The van der Waals surface area contributed by atoms with E-state index in [1.165, 1.54) is 18.4 Å². The lowest BCUT2D eigenvalue weighted by molar-refractivity contribution is 0.0566. The third kappa shape index (κ3) is 4.97. The quantitative estimate of drug-likeness (QED) is 0.726. The van der Waals surface area contributed by atoms with E-state index in [1.807, 2.05) is 40.0 Å². The molecule has 0 N–H and O–H groups in total. The van der Waals surface area contributed by atoms with Crippen molar-refractivity contribution in [1.29, 1.82) is 0 Å². The third-order valence-electron chi connectivity index (χ3n) is 4.98. The monoisotopic (exact) mass is 361 g/mol. The third-order valence-corrected chi connectivity index (χ3v) is 4.98. The first-order valence-corrected chi connectivity index (χ1v) is 9.88. The minimum atomic E-state index is -0.523. The Morgan fingerprint density at radius 1 is 1.35 bits per heavy atom. The number of carbonyl (C=O) groups is 1. The number of amides is 1. The highest BCUT2D eigenvalue weighted by molar-refractivity contribution is 5.87. The molecule has 0 aliphatic carbocycles. The summed E-state index contributed by atoms with van der Waals surface area (Å²) < 4.78 is 5.59. The van der Waals surface area contributed by atoms with Gasteiger partial charge in [-0.1, -0.05) is 13.0 Å². The van der Waals surface area contributed by atoms with Gasteiger partial charge in [0.2, 0.25) is 0 Å². The van der Waals surface area contributed by atoms with Crippen LogP contribution in [0.3, 0.4) is 0 Å². The largest absolute Gasteiger partial charge is 0.443 e. The van der Waals surface area contributed by atoms with Gasteiger partial charge in [-0.3, -0.25) is 9.80 Å². The Kier molecular flexibility index (Phi) is 6.67. The van der Waals surface area contributed by atoms with Crippen LogP contribution in [0.1, 0.15) is 79.3 Å². The number of pyridine rings is 1. The zero-order valence-corrected chi connectivity index (χ0v) is 17.5. The Morgan fingerprint density at radius 3 is 2.54 bits per heavy atom. The molecule has 26 heavy (non-hydrogen) atoms. The van der Waals surface area contributed by atoms with E-state index < -0.39 is 5.60 Å². The van der Waals surface area contributed by atoms with Crippen LogP contribution in [-0.2, 0) is 4.74 Å². The standard InChI is InChI=1S/C21H35N3O2/c1-8-16(4)24(20(25)26-21(5,6)7)19-12-11-17(14-22-19)18-10-9-13-23(18)15(2)3/h11-12,14-16,18H,8-10,13H2,1-7H3/t16-,18+/m1/s1. The Bertz CT molecular complexity index is 592. The van der Waals surface area contributed by atoms with Crippen LogP contribution in [0.4, 0.5) is 10.6 Å². The molecule has 1 fully saturated rings. The van der Waals surface area contributed by atoms with E-state index in [1.54, 1.807) is 4.90 Å². The summed E-state index contributed by atoms with van der Waals surface area (Å²) in [4.78, 5) is 21.5. The van der Waals surface area contributed by atoms with Gasteiger partial charge in [0.15, 0.2) is 0 Å². The fourth-order valence-electron chi connectivity index (χ4n) is 3.50. The number of ether oxygens (including phenoxy) is 1. The summed E-state index contributed by atoms with van der Waals surface area (Å²) in [5.74, 6) is 0.659. The Morgan fingerprint density at radius 2 is 2.04 bits per heavy atom. The summed E-state index contributed by atoms with van der Waals surface area (Å²) in [6.45, 7) is 15.4. The molecule has 0 spiro atoms. The van der Waals surface area contributed by atoms with E-state index in [0.29, 0.717) is 17.9 Å². The topological polar surface area (TPSA) is 45.7 Å². The van der Waals surface area contributed by atoms with Crippen LogP contribution in [-0.4, -0.2) is 40.2 Å². The van der Waals surface area contributed by atoms with Crippen molar-refractivity contribution in [3.63, 3.8) is 0 Å². The molecule has 0 aromatic carbocycles. The highest BCUT2D eigenvalue weighted by Gasteiger charge is 2.30. The van der Waals surface area contributed by atoms with E-state index in [4.69, 9.17) is 4.74 Å². The van der Waals surface area contributed by atoms with Crippen molar-refractivity contribution in [2.45, 2.75) is 91.5 Å². The minimum Gasteiger partial charge on any atom is -0.443 e. The van der Waals surface area contributed by atoms with E-state index >= 15 is 0 Å². The van der Waals surface area contributed by atoms with Crippen molar-refractivity contribution in [2.75, 3.05) is 11.4 Å². The first-order chi connectivity index (χ1) is 12.1. The van der Waals surface area contributed by atoms with Crippen LogP contribution >= 0.6 is 0 Å². The Balaban J connectivity index is 2.23. The van der Waals surface area contributed by atoms with Gasteiger partial charge in [0.1, 0.15) is 11.4 Å². The molecule has 5 heteroatoms. The summed E-state index contributed by atoms with van der Waals surface area (Å²) >= 11 is 0. The van der Waals surface area contributed by atoms with Gasteiger partial charge >= 0.3 is 6.09 Å². The molecule has 0 unspecified atom stereocenters. The Hall–Kier alpha value is -1.62. The number of aromatic nitrogens is 1. The van der Waals surface area contributed by atoms with Crippen molar-refractivity contribution in [3.8, 4) is 0 Å². The highest BCUT2D eigenvalue weighted by atomic mass is 16.6. The van der Waals surface area contributed by atoms with Crippen molar-refractivity contribution >= 4 is 11.9 Å². The Labute approximate surface area is 158 Å². The van der Waals surface area contributed by atoms with Gasteiger partial charge in [-0.25, -0.2) is 9.78 Å². The van der Waals surface area contributed by atoms with E-state index in [-0.39, 0.29) is 12.1 Å². The first-order valence-electron chi connectivity index (χ1n) is 9.88. The number of nitrogens with zero attached hydrogens (tertiary/aromatic N) is 3. The van der Waals surface area contributed by atoms with Crippen molar-refractivity contribution in [2.24, 2.45) is 0 Å². The molecule has 1 saturated heterocycles. The van der Waals surface area contributed by atoms with Gasteiger partial charge in [0.05, 0.1) is 0 Å².